The van der Waals surface area contributed by atoms with Crippen LogP contribution in [0.2, 0.25) is 0 Å². The minimum Gasteiger partial charge on any atom is -0.383 e. The number of benzene rings is 1. The van der Waals surface area contributed by atoms with Gasteiger partial charge in [0.05, 0.1) is 17.3 Å². The van der Waals surface area contributed by atoms with Crippen molar-refractivity contribution in [3.8, 4) is 6.07 Å². The maximum atomic E-state index is 13.2. The SMILES string of the molecule is CCN(CC)C(=O)C1=C(C)N=C2SC(C#N)=C(N)N2[C@@H]1c1ccccc1. The Kier molecular flexibility index (Phi) is 5.05. The van der Waals surface area contributed by atoms with Crippen LogP contribution in [0.15, 0.2) is 57.3 Å². The van der Waals surface area contributed by atoms with Crippen molar-refractivity contribution in [3.05, 3.63) is 57.9 Å². The fourth-order valence-electron chi connectivity index (χ4n) is 3.25. The van der Waals surface area contributed by atoms with Gasteiger partial charge in [0, 0.05) is 13.1 Å². The van der Waals surface area contributed by atoms with Crippen molar-refractivity contribution in [3.63, 3.8) is 0 Å². The van der Waals surface area contributed by atoms with Crippen molar-refractivity contribution >= 4 is 22.8 Å². The van der Waals surface area contributed by atoms with Crippen molar-refractivity contribution < 1.29 is 4.79 Å². The van der Waals surface area contributed by atoms with Crippen LogP contribution in [0.1, 0.15) is 32.4 Å². The molecule has 1 aromatic rings. The van der Waals surface area contributed by atoms with E-state index < -0.39 is 6.04 Å². The molecule has 0 bridgehead atoms. The third kappa shape index (κ3) is 2.86. The van der Waals surface area contributed by atoms with Crippen molar-refractivity contribution in [2.45, 2.75) is 26.8 Å². The highest BCUT2D eigenvalue weighted by Crippen LogP contribution is 2.45. The number of hydrogen-bond acceptors (Lipinski definition) is 6. The first kappa shape index (κ1) is 18.1. The van der Waals surface area contributed by atoms with E-state index in [0.717, 1.165) is 5.56 Å². The van der Waals surface area contributed by atoms with Gasteiger partial charge in [-0.05, 0) is 38.1 Å². The number of hydrogen-bond donors (Lipinski definition) is 1. The van der Waals surface area contributed by atoms with E-state index in [4.69, 9.17) is 5.73 Å². The van der Waals surface area contributed by atoms with Crippen molar-refractivity contribution in [2.24, 2.45) is 10.7 Å². The predicted molar refractivity (Wildman–Crippen MR) is 104 cm³/mol. The lowest BCUT2D eigenvalue weighted by molar-refractivity contribution is -0.127. The van der Waals surface area contributed by atoms with Gasteiger partial charge in [-0.3, -0.25) is 9.69 Å². The molecular weight excluding hydrogens is 346 g/mol. The number of aliphatic imine (C=N–C) groups is 1. The summed E-state index contributed by atoms with van der Waals surface area (Å²) >= 11 is 1.25. The molecule has 2 N–H and O–H groups in total. The number of carbonyl (C=O) groups excluding carboxylic acids is 1. The van der Waals surface area contributed by atoms with Gasteiger partial charge in [-0.15, -0.1) is 0 Å². The molecule has 7 heteroatoms. The second-order valence-electron chi connectivity index (χ2n) is 5.98. The maximum absolute atomic E-state index is 13.2. The van der Waals surface area contributed by atoms with Gasteiger partial charge in [-0.1, -0.05) is 30.3 Å². The van der Waals surface area contributed by atoms with Crippen molar-refractivity contribution in [2.75, 3.05) is 13.1 Å². The first-order valence-corrected chi connectivity index (χ1v) is 9.35. The van der Waals surface area contributed by atoms with Crippen molar-refractivity contribution in [1.82, 2.24) is 9.80 Å². The number of nitriles is 1. The Hall–Kier alpha value is -2.72. The van der Waals surface area contributed by atoms with Gasteiger partial charge < -0.3 is 10.6 Å². The second kappa shape index (κ2) is 7.26. The predicted octanol–water partition coefficient (Wildman–Crippen LogP) is 2.94. The smallest absolute Gasteiger partial charge is 0.254 e. The minimum absolute atomic E-state index is 0.0487. The van der Waals surface area contributed by atoms with E-state index in [1.165, 1.54) is 11.8 Å². The molecule has 0 aliphatic carbocycles. The Labute approximate surface area is 157 Å². The molecule has 0 saturated heterocycles. The molecular formula is C19H21N5OS. The minimum atomic E-state index is -0.393. The van der Waals surface area contributed by atoms with Gasteiger partial charge in [0.25, 0.3) is 5.91 Å². The van der Waals surface area contributed by atoms with E-state index in [1.807, 2.05) is 56.0 Å². The molecule has 2 heterocycles. The molecule has 2 aliphatic heterocycles. The summed E-state index contributed by atoms with van der Waals surface area (Å²) < 4.78 is 0. The number of fused-ring (bicyclic) bond motifs is 1. The Morgan fingerprint density at radius 3 is 2.58 bits per heavy atom. The first-order valence-electron chi connectivity index (χ1n) is 8.54. The fraction of sp³-hybridized carbons (Fsp3) is 0.316. The number of allylic oxidation sites excluding steroid dienone is 2. The van der Waals surface area contributed by atoms with E-state index >= 15 is 0 Å². The van der Waals surface area contributed by atoms with Gasteiger partial charge >= 0.3 is 0 Å². The second-order valence-corrected chi connectivity index (χ2v) is 6.96. The van der Waals surface area contributed by atoms with Gasteiger partial charge in [-0.2, -0.15) is 5.26 Å². The summed E-state index contributed by atoms with van der Waals surface area (Å²) in [5, 5.41) is 10.0. The molecule has 0 spiro atoms. The zero-order chi connectivity index (χ0) is 18.8. The molecule has 0 saturated carbocycles. The first-order chi connectivity index (χ1) is 12.5. The summed E-state index contributed by atoms with van der Waals surface area (Å²) in [5.41, 5.74) is 8.47. The van der Waals surface area contributed by atoms with Crippen LogP contribution < -0.4 is 5.73 Å². The third-order valence-electron chi connectivity index (χ3n) is 4.57. The standard InChI is InChI=1S/C19H21N5OS/c1-4-23(5-2)18(25)15-12(3)22-19-24(17(21)14(11-20)26-19)16(15)13-9-7-6-8-10-13/h6-10,16H,4-5,21H2,1-3H3/t16-/m1/s1. The molecule has 3 rings (SSSR count). The quantitative estimate of drug-likeness (QED) is 0.884. The summed E-state index contributed by atoms with van der Waals surface area (Å²) in [4.78, 5) is 21.8. The average molecular weight is 367 g/mol. The molecule has 1 atom stereocenters. The summed E-state index contributed by atoms with van der Waals surface area (Å²) in [7, 11) is 0. The van der Waals surface area contributed by atoms with Crippen LogP contribution in [-0.4, -0.2) is 34.0 Å². The van der Waals surface area contributed by atoms with Gasteiger partial charge in [0.1, 0.15) is 16.8 Å². The third-order valence-corrected chi connectivity index (χ3v) is 5.55. The number of thioether (sulfide) groups is 1. The highest BCUT2D eigenvalue weighted by molar-refractivity contribution is 8.17. The molecule has 1 amide bonds. The number of nitrogens with zero attached hydrogens (tertiary/aromatic N) is 4. The molecule has 26 heavy (non-hydrogen) atoms. The number of likely N-dealkylation sites (N-methyl/N-ethyl adjacent to an activating group) is 1. The molecule has 0 aromatic heterocycles. The monoisotopic (exact) mass is 367 g/mol. The number of rotatable bonds is 4. The van der Waals surface area contributed by atoms with E-state index in [1.54, 1.807) is 4.90 Å². The number of nitrogens with two attached hydrogens (primary N) is 1. The lowest BCUT2D eigenvalue weighted by atomic mass is 9.93. The molecule has 0 fully saturated rings. The summed E-state index contributed by atoms with van der Waals surface area (Å²) in [6.07, 6.45) is 0. The van der Waals surface area contributed by atoms with Crippen LogP contribution in [0, 0.1) is 11.3 Å². The number of amides is 1. The summed E-state index contributed by atoms with van der Waals surface area (Å²) in [6.45, 7) is 7.00. The molecule has 2 aliphatic rings. The molecule has 0 radical (unpaired) electrons. The zero-order valence-electron chi connectivity index (χ0n) is 15.1. The van der Waals surface area contributed by atoms with E-state index in [-0.39, 0.29) is 5.91 Å². The Morgan fingerprint density at radius 1 is 1.35 bits per heavy atom. The fourth-order valence-corrected chi connectivity index (χ4v) is 4.16. The number of amidine groups is 1. The molecule has 1 aromatic carbocycles. The highest BCUT2D eigenvalue weighted by atomic mass is 32.2. The van der Waals surface area contributed by atoms with E-state index in [2.05, 4.69) is 11.1 Å². The lowest BCUT2D eigenvalue weighted by Crippen LogP contribution is -2.42. The van der Waals surface area contributed by atoms with E-state index in [0.29, 0.717) is 40.3 Å². The van der Waals surface area contributed by atoms with Gasteiger partial charge in [0.15, 0.2) is 5.17 Å². The number of carbonyl (C=O) groups is 1. The van der Waals surface area contributed by atoms with Gasteiger partial charge in [-0.25, -0.2) is 4.99 Å². The normalized spacial score (nSPS) is 19.2. The lowest BCUT2D eigenvalue weighted by Gasteiger charge is -2.36. The van der Waals surface area contributed by atoms with Crippen LogP contribution in [0.3, 0.4) is 0 Å². The van der Waals surface area contributed by atoms with Crippen molar-refractivity contribution in [1.29, 1.82) is 5.26 Å². The van der Waals surface area contributed by atoms with Crippen LogP contribution in [-0.2, 0) is 4.79 Å². The van der Waals surface area contributed by atoms with Gasteiger partial charge in [0.2, 0.25) is 0 Å². The van der Waals surface area contributed by atoms with Crippen LogP contribution >= 0.6 is 11.8 Å². The average Bonchev–Trinajstić information content (AvgIpc) is 2.97. The zero-order valence-corrected chi connectivity index (χ0v) is 15.9. The molecule has 6 nitrogen and oxygen atoms in total. The molecule has 0 unspecified atom stereocenters. The highest BCUT2D eigenvalue weighted by Gasteiger charge is 2.42. The topological polar surface area (TPSA) is 85.7 Å². The Balaban J connectivity index is 2.18. The Morgan fingerprint density at radius 2 is 2.00 bits per heavy atom. The van der Waals surface area contributed by atoms with E-state index in [9.17, 15) is 10.1 Å². The largest absolute Gasteiger partial charge is 0.383 e. The van der Waals surface area contributed by atoms with Crippen LogP contribution in [0.4, 0.5) is 0 Å². The maximum Gasteiger partial charge on any atom is 0.254 e. The summed E-state index contributed by atoms with van der Waals surface area (Å²) in [6, 6.07) is 11.5. The van der Waals surface area contributed by atoms with Crippen LogP contribution in [0.5, 0.6) is 0 Å². The Bertz CT molecular complexity index is 862. The summed E-state index contributed by atoms with van der Waals surface area (Å²) in [5.74, 6) is 0.301. The molecule has 134 valence electrons. The van der Waals surface area contributed by atoms with Crippen LogP contribution in [0.25, 0.3) is 0 Å².